The normalized spacial score (nSPS) is 11.3. The molecule has 0 fully saturated rings. The highest BCUT2D eigenvalue weighted by molar-refractivity contribution is 5.95. The van der Waals surface area contributed by atoms with Gasteiger partial charge in [0.15, 0.2) is 0 Å². The maximum Gasteiger partial charge on any atom is 0.339 e. The monoisotopic (exact) mass is 308 g/mol. The zero-order valence-electron chi connectivity index (χ0n) is 13.7. The number of rotatable bonds is 8. The summed E-state index contributed by atoms with van der Waals surface area (Å²) >= 11 is 0. The number of benzene rings is 2. The van der Waals surface area contributed by atoms with Gasteiger partial charge in [-0.2, -0.15) is 0 Å². The lowest BCUT2D eigenvalue weighted by atomic mass is 10.0. The third-order valence-corrected chi connectivity index (χ3v) is 3.66. The SMILES string of the molecule is CCCCCCC(=Cc1ccccc1)C(=O)Oc1ccccc1. The van der Waals surface area contributed by atoms with Crippen molar-refractivity contribution in [3.63, 3.8) is 0 Å². The van der Waals surface area contributed by atoms with Crippen LogP contribution in [0.25, 0.3) is 6.08 Å². The molecule has 0 unspecified atom stereocenters. The Balaban J connectivity index is 2.08. The molecule has 0 saturated carbocycles. The number of para-hydroxylation sites is 1. The predicted molar refractivity (Wildman–Crippen MR) is 95.3 cm³/mol. The molecule has 0 spiro atoms. The second-order valence-corrected chi connectivity index (χ2v) is 5.59. The summed E-state index contributed by atoms with van der Waals surface area (Å²) in [6.45, 7) is 2.18. The fourth-order valence-corrected chi connectivity index (χ4v) is 2.39. The van der Waals surface area contributed by atoms with E-state index in [2.05, 4.69) is 6.92 Å². The standard InChI is InChI=1S/C21H24O2/c1-2-3-4-9-14-19(17-18-12-7-5-8-13-18)21(22)23-20-15-10-6-11-16-20/h5-8,10-13,15-17H,2-4,9,14H2,1H3. The smallest absolute Gasteiger partial charge is 0.339 e. The van der Waals surface area contributed by atoms with Gasteiger partial charge in [0, 0.05) is 5.57 Å². The van der Waals surface area contributed by atoms with Crippen LogP contribution in [0, 0.1) is 0 Å². The third-order valence-electron chi connectivity index (χ3n) is 3.66. The van der Waals surface area contributed by atoms with Crippen LogP contribution in [0.3, 0.4) is 0 Å². The molecule has 2 aromatic carbocycles. The number of unbranched alkanes of at least 4 members (excludes halogenated alkanes) is 3. The second-order valence-electron chi connectivity index (χ2n) is 5.59. The van der Waals surface area contributed by atoms with Crippen molar-refractivity contribution in [1.29, 1.82) is 0 Å². The lowest BCUT2D eigenvalue weighted by Gasteiger charge is -2.08. The molecule has 2 nitrogen and oxygen atoms in total. The molecule has 0 heterocycles. The van der Waals surface area contributed by atoms with Crippen molar-refractivity contribution in [3.8, 4) is 5.75 Å². The van der Waals surface area contributed by atoms with Crippen molar-refractivity contribution in [2.75, 3.05) is 0 Å². The minimum Gasteiger partial charge on any atom is -0.423 e. The van der Waals surface area contributed by atoms with E-state index in [0.29, 0.717) is 5.75 Å². The molecule has 2 aromatic rings. The topological polar surface area (TPSA) is 26.3 Å². The van der Waals surface area contributed by atoms with Crippen LogP contribution in [0.4, 0.5) is 0 Å². The van der Waals surface area contributed by atoms with Gasteiger partial charge in [0.05, 0.1) is 0 Å². The highest BCUT2D eigenvalue weighted by atomic mass is 16.5. The summed E-state index contributed by atoms with van der Waals surface area (Å²) in [7, 11) is 0. The summed E-state index contributed by atoms with van der Waals surface area (Å²) in [5.74, 6) is 0.335. The van der Waals surface area contributed by atoms with Gasteiger partial charge in [0.2, 0.25) is 0 Å². The largest absolute Gasteiger partial charge is 0.423 e. The lowest BCUT2D eigenvalue weighted by Crippen LogP contribution is -2.11. The molecule has 0 aliphatic carbocycles. The van der Waals surface area contributed by atoms with Crippen LogP contribution in [-0.4, -0.2) is 5.97 Å². The van der Waals surface area contributed by atoms with Crippen LogP contribution in [0.2, 0.25) is 0 Å². The number of ether oxygens (including phenoxy) is 1. The van der Waals surface area contributed by atoms with Gasteiger partial charge < -0.3 is 4.74 Å². The van der Waals surface area contributed by atoms with Crippen molar-refractivity contribution >= 4 is 12.0 Å². The van der Waals surface area contributed by atoms with Gasteiger partial charge in [-0.3, -0.25) is 0 Å². The first-order valence-corrected chi connectivity index (χ1v) is 8.32. The summed E-state index contributed by atoms with van der Waals surface area (Å²) in [6, 6.07) is 19.2. The van der Waals surface area contributed by atoms with Crippen LogP contribution in [-0.2, 0) is 4.79 Å². The molecule has 0 aliphatic heterocycles. The number of hydrogen-bond donors (Lipinski definition) is 0. The zero-order chi connectivity index (χ0) is 16.3. The van der Waals surface area contributed by atoms with Gasteiger partial charge >= 0.3 is 5.97 Å². The number of hydrogen-bond acceptors (Lipinski definition) is 2. The Morgan fingerprint density at radius 1 is 0.913 bits per heavy atom. The van der Waals surface area contributed by atoms with Gasteiger partial charge in [-0.25, -0.2) is 4.79 Å². The van der Waals surface area contributed by atoms with Crippen LogP contribution in [0.1, 0.15) is 44.6 Å². The van der Waals surface area contributed by atoms with Crippen molar-refractivity contribution in [1.82, 2.24) is 0 Å². The van der Waals surface area contributed by atoms with Crippen molar-refractivity contribution in [2.24, 2.45) is 0 Å². The Hall–Kier alpha value is -2.35. The Kier molecular flexibility index (Phi) is 7.12. The van der Waals surface area contributed by atoms with Crippen LogP contribution in [0.15, 0.2) is 66.2 Å². The van der Waals surface area contributed by atoms with E-state index in [-0.39, 0.29) is 5.97 Å². The molecule has 0 bridgehead atoms. The summed E-state index contributed by atoms with van der Waals surface area (Å²) in [6.07, 6.45) is 7.23. The Labute approximate surface area is 138 Å². The van der Waals surface area contributed by atoms with Gasteiger partial charge in [0.25, 0.3) is 0 Å². The average Bonchev–Trinajstić information content (AvgIpc) is 2.59. The molecule has 0 radical (unpaired) electrons. The lowest BCUT2D eigenvalue weighted by molar-refractivity contribution is -0.130. The van der Waals surface area contributed by atoms with Crippen LogP contribution in [0.5, 0.6) is 5.75 Å². The average molecular weight is 308 g/mol. The predicted octanol–water partition coefficient (Wildman–Crippen LogP) is 5.65. The molecule has 0 saturated heterocycles. The first-order chi connectivity index (χ1) is 11.3. The molecule has 2 rings (SSSR count). The van der Waals surface area contributed by atoms with Gasteiger partial charge in [-0.05, 0) is 36.6 Å². The van der Waals surface area contributed by atoms with Gasteiger partial charge in [-0.1, -0.05) is 74.7 Å². The number of carbonyl (C=O) groups is 1. The quantitative estimate of drug-likeness (QED) is 0.273. The molecule has 2 heteroatoms. The van der Waals surface area contributed by atoms with Crippen LogP contribution >= 0.6 is 0 Å². The van der Waals surface area contributed by atoms with E-state index >= 15 is 0 Å². The van der Waals surface area contributed by atoms with E-state index in [1.165, 1.54) is 12.8 Å². The minimum absolute atomic E-state index is 0.253. The Morgan fingerprint density at radius 3 is 2.22 bits per heavy atom. The summed E-state index contributed by atoms with van der Waals surface area (Å²) in [4.78, 5) is 12.5. The van der Waals surface area contributed by atoms with E-state index in [1.807, 2.05) is 54.6 Å². The van der Waals surface area contributed by atoms with Gasteiger partial charge in [-0.15, -0.1) is 0 Å². The zero-order valence-corrected chi connectivity index (χ0v) is 13.7. The van der Waals surface area contributed by atoms with E-state index < -0.39 is 0 Å². The van der Waals surface area contributed by atoms with Crippen molar-refractivity contribution in [2.45, 2.75) is 39.0 Å². The highest BCUT2D eigenvalue weighted by Crippen LogP contribution is 2.18. The molecule has 23 heavy (non-hydrogen) atoms. The highest BCUT2D eigenvalue weighted by Gasteiger charge is 2.12. The minimum atomic E-state index is -0.253. The first-order valence-electron chi connectivity index (χ1n) is 8.32. The molecule has 0 N–H and O–H groups in total. The third kappa shape index (κ3) is 6.11. The van der Waals surface area contributed by atoms with E-state index in [1.54, 1.807) is 12.1 Å². The second kappa shape index (κ2) is 9.62. The maximum atomic E-state index is 12.5. The maximum absolute atomic E-state index is 12.5. The van der Waals surface area contributed by atoms with Crippen LogP contribution < -0.4 is 4.74 Å². The number of esters is 1. The number of carbonyl (C=O) groups excluding carboxylic acids is 1. The van der Waals surface area contributed by atoms with E-state index in [9.17, 15) is 4.79 Å². The van der Waals surface area contributed by atoms with E-state index in [4.69, 9.17) is 4.74 Å². The Morgan fingerprint density at radius 2 is 1.57 bits per heavy atom. The summed E-state index contributed by atoms with van der Waals surface area (Å²) in [5, 5.41) is 0. The molecule has 0 aliphatic rings. The molecular formula is C21H24O2. The fraction of sp³-hybridized carbons (Fsp3) is 0.286. The van der Waals surface area contributed by atoms with E-state index in [0.717, 1.165) is 30.4 Å². The first kappa shape index (κ1) is 17.0. The molecule has 0 amide bonds. The van der Waals surface area contributed by atoms with Crippen molar-refractivity contribution < 1.29 is 9.53 Å². The molecule has 0 atom stereocenters. The van der Waals surface area contributed by atoms with Gasteiger partial charge in [0.1, 0.15) is 5.75 Å². The molecule has 0 aromatic heterocycles. The Bertz CT molecular complexity index is 615. The van der Waals surface area contributed by atoms with Crippen molar-refractivity contribution in [3.05, 3.63) is 71.8 Å². The summed E-state index contributed by atoms with van der Waals surface area (Å²) < 4.78 is 5.50. The molecule has 120 valence electrons. The molecular weight excluding hydrogens is 284 g/mol. The fourth-order valence-electron chi connectivity index (χ4n) is 2.39. The summed E-state index contributed by atoms with van der Waals surface area (Å²) in [5.41, 5.74) is 1.76.